The number of anilines is 1. The second kappa shape index (κ2) is 5.83. The van der Waals surface area contributed by atoms with Gasteiger partial charge in [0.25, 0.3) is 0 Å². The van der Waals surface area contributed by atoms with Gasteiger partial charge in [-0.05, 0) is 37.9 Å². The average molecular weight is 243 g/mol. The highest BCUT2D eigenvalue weighted by atomic mass is 14.9. The van der Waals surface area contributed by atoms with E-state index in [0.29, 0.717) is 0 Å². The first kappa shape index (κ1) is 12.8. The van der Waals surface area contributed by atoms with Crippen LogP contribution >= 0.6 is 0 Å². The van der Waals surface area contributed by atoms with E-state index in [-0.39, 0.29) is 0 Å². The summed E-state index contributed by atoms with van der Waals surface area (Å²) in [5, 5.41) is 4.67. The fraction of sp³-hybridized carbons (Fsp3) is 0.400. The number of fused-ring (bicyclic) bond motifs is 1. The minimum absolute atomic E-state index is 0.717. The number of para-hydroxylation sites is 1. The largest absolute Gasteiger partial charge is 0.384 e. The van der Waals surface area contributed by atoms with Gasteiger partial charge in [0.1, 0.15) is 0 Å². The van der Waals surface area contributed by atoms with E-state index in [1.54, 1.807) is 0 Å². The van der Waals surface area contributed by atoms with Crippen molar-refractivity contribution < 1.29 is 0 Å². The van der Waals surface area contributed by atoms with Crippen molar-refractivity contribution in [2.75, 3.05) is 18.4 Å². The van der Waals surface area contributed by atoms with Crippen LogP contribution < -0.4 is 11.1 Å². The topological polar surface area (TPSA) is 50.9 Å². The molecule has 2 aromatic rings. The van der Waals surface area contributed by atoms with Gasteiger partial charge in [-0.25, -0.2) is 0 Å². The maximum Gasteiger partial charge on any atom is 0.0757 e. The number of aromatic nitrogens is 1. The van der Waals surface area contributed by atoms with E-state index >= 15 is 0 Å². The molecule has 0 atom stereocenters. The molecule has 1 aromatic carbocycles. The summed E-state index contributed by atoms with van der Waals surface area (Å²) in [6.45, 7) is 5.83. The van der Waals surface area contributed by atoms with Gasteiger partial charge in [-0.1, -0.05) is 25.1 Å². The lowest BCUT2D eigenvalue weighted by Gasteiger charge is -2.12. The number of hydrogen-bond acceptors (Lipinski definition) is 3. The van der Waals surface area contributed by atoms with Crippen molar-refractivity contribution in [1.29, 1.82) is 0 Å². The Morgan fingerprint density at radius 3 is 2.89 bits per heavy atom. The highest BCUT2D eigenvalue weighted by molar-refractivity contribution is 5.93. The van der Waals surface area contributed by atoms with Crippen LogP contribution in [0.25, 0.3) is 10.9 Å². The number of nitrogens with one attached hydrogen (secondary N) is 1. The molecule has 3 N–H and O–H groups in total. The second-order valence-corrected chi connectivity index (χ2v) is 4.55. The number of benzene rings is 1. The summed E-state index contributed by atoms with van der Waals surface area (Å²) in [5.74, 6) is 0. The van der Waals surface area contributed by atoms with Crippen LogP contribution in [0, 0.1) is 6.92 Å². The molecular weight excluding hydrogens is 222 g/mol. The first-order valence-corrected chi connectivity index (χ1v) is 6.59. The Morgan fingerprint density at radius 2 is 2.17 bits per heavy atom. The molecule has 1 heterocycles. The Morgan fingerprint density at radius 1 is 1.33 bits per heavy atom. The molecule has 0 saturated carbocycles. The molecule has 3 nitrogen and oxygen atoms in total. The van der Waals surface area contributed by atoms with E-state index in [0.717, 1.165) is 37.1 Å². The summed E-state index contributed by atoms with van der Waals surface area (Å²) < 4.78 is 0. The highest BCUT2D eigenvalue weighted by Gasteiger charge is 2.06. The number of nitrogens with two attached hydrogens (primary N) is 1. The molecule has 3 heteroatoms. The zero-order valence-electron chi connectivity index (χ0n) is 11.2. The predicted octanol–water partition coefficient (Wildman–Crippen LogP) is 2.87. The molecule has 1 aromatic heterocycles. The van der Waals surface area contributed by atoms with Crippen LogP contribution in [0.1, 0.15) is 24.6 Å². The quantitative estimate of drug-likeness (QED) is 0.794. The lowest BCUT2D eigenvalue weighted by molar-refractivity contribution is 0.875. The summed E-state index contributed by atoms with van der Waals surface area (Å²) >= 11 is 0. The first-order valence-electron chi connectivity index (χ1n) is 6.59. The molecular formula is C15H21N3. The molecule has 0 spiro atoms. The van der Waals surface area contributed by atoms with Crippen LogP contribution in [-0.2, 0) is 6.42 Å². The summed E-state index contributed by atoms with van der Waals surface area (Å²) in [6, 6.07) is 8.49. The normalized spacial score (nSPS) is 10.8. The first-order chi connectivity index (χ1) is 8.76. The maximum atomic E-state index is 5.53. The van der Waals surface area contributed by atoms with Crippen LogP contribution in [-0.4, -0.2) is 18.1 Å². The molecule has 96 valence electrons. The fourth-order valence-electron chi connectivity index (χ4n) is 2.19. The molecule has 0 aliphatic carbocycles. The van der Waals surface area contributed by atoms with Gasteiger partial charge in [0.15, 0.2) is 0 Å². The predicted molar refractivity (Wildman–Crippen MR) is 78.0 cm³/mol. The number of hydrogen-bond donors (Lipinski definition) is 2. The Balaban J connectivity index is 2.45. The van der Waals surface area contributed by atoms with Gasteiger partial charge in [0, 0.05) is 23.3 Å². The number of pyridine rings is 1. The van der Waals surface area contributed by atoms with Gasteiger partial charge in [-0.2, -0.15) is 0 Å². The van der Waals surface area contributed by atoms with Gasteiger partial charge < -0.3 is 11.1 Å². The molecule has 0 unspecified atom stereocenters. The molecule has 0 saturated heterocycles. The third-order valence-corrected chi connectivity index (χ3v) is 3.13. The minimum atomic E-state index is 0.717. The zero-order valence-corrected chi connectivity index (χ0v) is 11.2. The number of nitrogens with zero attached hydrogens (tertiary/aromatic N) is 1. The SMILES string of the molecule is CCc1cccc2c(NCCCN)cc(C)nc12. The molecule has 18 heavy (non-hydrogen) atoms. The van der Waals surface area contributed by atoms with Crippen molar-refractivity contribution in [3.8, 4) is 0 Å². The lowest BCUT2D eigenvalue weighted by Crippen LogP contribution is -2.09. The van der Waals surface area contributed by atoms with Crippen molar-refractivity contribution in [3.63, 3.8) is 0 Å². The van der Waals surface area contributed by atoms with Crippen LogP contribution in [0.4, 0.5) is 5.69 Å². The molecule has 0 amide bonds. The third-order valence-electron chi connectivity index (χ3n) is 3.13. The summed E-state index contributed by atoms with van der Waals surface area (Å²) in [6.07, 6.45) is 1.99. The lowest BCUT2D eigenvalue weighted by atomic mass is 10.1. The number of aryl methyl sites for hydroxylation is 2. The second-order valence-electron chi connectivity index (χ2n) is 4.55. The van der Waals surface area contributed by atoms with Gasteiger partial charge in [-0.15, -0.1) is 0 Å². The molecule has 0 bridgehead atoms. The van der Waals surface area contributed by atoms with E-state index in [1.807, 2.05) is 6.92 Å². The maximum absolute atomic E-state index is 5.53. The monoisotopic (exact) mass is 243 g/mol. The Kier molecular flexibility index (Phi) is 4.15. The summed E-state index contributed by atoms with van der Waals surface area (Å²) in [4.78, 5) is 4.67. The molecule has 2 rings (SSSR count). The van der Waals surface area contributed by atoms with Gasteiger partial charge in [0.05, 0.1) is 5.52 Å². The van der Waals surface area contributed by atoms with E-state index in [1.165, 1.54) is 16.6 Å². The zero-order chi connectivity index (χ0) is 13.0. The molecule has 0 aliphatic rings. The Bertz CT molecular complexity index is 534. The fourth-order valence-corrected chi connectivity index (χ4v) is 2.19. The smallest absolute Gasteiger partial charge is 0.0757 e. The van der Waals surface area contributed by atoms with Crippen LogP contribution in [0.15, 0.2) is 24.3 Å². The highest BCUT2D eigenvalue weighted by Crippen LogP contribution is 2.26. The van der Waals surface area contributed by atoms with Crippen molar-refractivity contribution in [3.05, 3.63) is 35.5 Å². The van der Waals surface area contributed by atoms with E-state index in [9.17, 15) is 0 Å². The third kappa shape index (κ3) is 2.62. The van der Waals surface area contributed by atoms with Gasteiger partial charge in [0.2, 0.25) is 0 Å². The van der Waals surface area contributed by atoms with Crippen LogP contribution in [0.3, 0.4) is 0 Å². The standard InChI is InChI=1S/C15H21N3/c1-3-12-6-4-7-13-14(17-9-5-8-16)10-11(2)18-15(12)13/h4,6-7,10H,3,5,8-9,16H2,1-2H3,(H,17,18). The summed E-state index contributed by atoms with van der Waals surface area (Å²) in [5.41, 5.74) is 10.2. The number of rotatable bonds is 5. The van der Waals surface area contributed by atoms with E-state index in [4.69, 9.17) is 5.73 Å². The van der Waals surface area contributed by atoms with Crippen LogP contribution in [0.5, 0.6) is 0 Å². The van der Waals surface area contributed by atoms with Crippen molar-refractivity contribution >= 4 is 16.6 Å². The van der Waals surface area contributed by atoms with Crippen molar-refractivity contribution in [1.82, 2.24) is 4.98 Å². The van der Waals surface area contributed by atoms with Crippen molar-refractivity contribution in [2.24, 2.45) is 5.73 Å². The van der Waals surface area contributed by atoms with Crippen molar-refractivity contribution in [2.45, 2.75) is 26.7 Å². The molecule has 0 radical (unpaired) electrons. The summed E-state index contributed by atoms with van der Waals surface area (Å²) in [7, 11) is 0. The van der Waals surface area contributed by atoms with Gasteiger partial charge in [-0.3, -0.25) is 4.98 Å². The molecule has 0 aliphatic heterocycles. The molecule has 0 fully saturated rings. The Hall–Kier alpha value is -1.61. The average Bonchev–Trinajstić information content (AvgIpc) is 2.38. The van der Waals surface area contributed by atoms with Gasteiger partial charge >= 0.3 is 0 Å². The Labute approximate surface area is 108 Å². The van der Waals surface area contributed by atoms with E-state index in [2.05, 4.69) is 41.5 Å². The van der Waals surface area contributed by atoms with E-state index < -0.39 is 0 Å². The minimum Gasteiger partial charge on any atom is -0.384 e. The van der Waals surface area contributed by atoms with Crippen LogP contribution in [0.2, 0.25) is 0 Å².